The highest BCUT2D eigenvalue weighted by atomic mass is 79.9. The molecular weight excluding hydrogens is 316 g/mol. The van der Waals surface area contributed by atoms with Crippen molar-refractivity contribution in [2.75, 3.05) is 11.9 Å². The molecule has 1 aromatic heterocycles. The number of hydrogen-bond acceptors (Lipinski definition) is 3. The fourth-order valence-electron chi connectivity index (χ4n) is 1.97. The second kappa shape index (κ2) is 6.75. The number of aryl methyl sites for hydroxylation is 2. The van der Waals surface area contributed by atoms with E-state index in [-0.39, 0.29) is 0 Å². The van der Waals surface area contributed by atoms with E-state index in [2.05, 4.69) is 52.2 Å². The molecule has 106 valence electrons. The molecule has 1 heterocycles. The van der Waals surface area contributed by atoms with Crippen LogP contribution in [0.3, 0.4) is 0 Å². The van der Waals surface area contributed by atoms with Crippen molar-refractivity contribution >= 4 is 21.7 Å². The Morgan fingerprint density at radius 1 is 1.20 bits per heavy atom. The van der Waals surface area contributed by atoms with E-state index in [0.29, 0.717) is 6.61 Å². The molecule has 0 fully saturated rings. The zero-order valence-electron chi connectivity index (χ0n) is 12.0. The first-order valence-corrected chi connectivity index (χ1v) is 7.47. The Morgan fingerprint density at radius 2 is 2.00 bits per heavy atom. The number of nitrogens with one attached hydrogen (secondary N) is 1. The summed E-state index contributed by atoms with van der Waals surface area (Å²) in [6.07, 6.45) is 1.82. The number of pyridine rings is 1. The summed E-state index contributed by atoms with van der Waals surface area (Å²) in [7, 11) is 0. The van der Waals surface area contributed by atoms with Crippen LogP contribution in [0.1, 0.15) is 23.6 Å². The van der Waals surface area contributed by atoms with Crippen LogP contribution in [-0.4, -0.2) is 11.6 Å². The van der Waals surface area contributed by atoms with E-state index >= 15 is 0 Å². The van der Waals surface area contributed by atoms with Gasteiger partial charge in [-0.15, -0.1) is 0 Å². The SMILES string of the molecule is CCOc1ccc(CNc2cc(C)c(Br)cn2)cc1C. The van der Waals surface area contributed by atoms with Gasteiger partial charge in [-0.3, -0.25) is 0 Å². The summed E-state index contributed by atoms with van der Waals surface area (Å²) in [4.78, 5) is 4.34. The van der Waals surface area contributed by atoms with Crippen molar-refractivity contribution < 1.29 is 4.74 Å². The lowest BCUT2D eigenvalue weighted by atomic mass is 10.1. The van der Waals surface area contributed by atoms with Crippen molar-refractivity contribution in [3.63, 3.8) is 0 Å². The standard InChI is InChI=1S/C16H19BrN2O/c1-4-20-15-6-5-13(7-12(15)3)9-18-16-8-11(2)14(17)10-19-16/h5-8,10H,4,9H2,1-3H3,(H,18,19). The Bertz CT molecular complexity index is 599. The van der Waals surface area contributed by atoms with Crippen LogP contribution in [0, 0.1) is 13.8 Å². The highest BCUT2D eigenvalue weighted by molar-refractivity contribution is 9.10. The molecule has 0 saturated heterocycles. The first-order chi connectivity index (χ1) is 9.60. The quantitative estimate of drug-likeness (QED) is 0.875. The van der Waals surface area contributed by atoms with Crippen molar-refractivity contribution in [1.82, 2.24) is 4.98 Å². The van der Waals surface area contributed by atoms with E-state index in [0.717, 1.165) is 28.1 Å². The van der Waals surface area contributed by atoms with Crippen LogP contribution in [-0.2, 0) is 6.54 Å². The fourth-order valence-corrected chi connectivity index (χ4v) is 2.18. The van der Waals surface area contributed by atoms with Crippen molar-refractivity contribution in [2.24, 2.45) is 0 Å². The van der Waals surface area contributed by atoms with Gasteiger partial charge < -0.3 is 10.1 Å². The predicted octanol–water partition coefficient (Wildman–Crippen LogP) is 4.47. The van der Waals surface area contributed by atoms with Gasteiger partial charge in [-0.1, -0.05) is 12.1 Å². The van der Waals surface area contributed by atoms with Crippen LogP contribution in [0.15, 0.2) is 34.9 Å². The Morgan fingerprint density at radius 3 is 2.65 bits per heavy atom. The molecule has 0 atom stereocenters. The Hall–Kier alpha value is -1.55. The van der Waals surface area contributed by atoms with Gasteiger partial charge in [-0.25, -0.2) is 4.98 Å². The third kappa shape index (κ3) is 3.73. The predicted molar refractivity (Wildman–Crippen MR) is 86.3 cm³/mol. The summed E-state index contributed by atoms with van der Waals surface area (Å²) < 4.78 is 6.57. The molecule has 0 aliphatic rings. The van der Waals surface area contributed by atoms with Crippen LogP contribution in [0.4, 0.5) is 5.82 Å². The third-order valence-corrected chi connectivity index (χ3v) is 3.89. The van der Waals surface area contributed by atoms with Gasteiger partial charge in [0.05, 0.1) is 6.61 Å². The van der Waals surface area contributed by atoms with E-state index < -0.39 is 0 Å². The number of rotatable bonds is 5. The van der Waals surface area contributed by atoms with E-state index in [1.165, 1.54) is 11.1 Å². The first kappa shape index (κ1) is 14.9. The van der Waals surface area contributed by atoms with Crippen LogP contribution in [0.5, 0.6) is 5.75 Å². The number of halogens is 1. The van der Waals surface area contributed by atoms with Crippen molar-refractivity contribution in [2.45, 2.75) is 27.3 Å². The van der Waals surface area contributed by atoms with Gasteiger partial charge in [0, 0.05) is 17.2 Å². The summed E-state index contributed by atoms with van der Waals surface area (Å²) in [6, 6.07) is 8.28. The summed E-state index contributed by atoms with van der Waals surface area (Å²) in [5.41, 5.74) is 3.55. The molecule has 1 N–H and O–H groups in total. The third-order valence-electron chi connectivity index (χ3n) is 3.06. The average Bonchev–Trinajstić information content (AvgIpc) is 2.43. The summed E-state index contributed by atoms with van der Waals surface area (Å²) in [5.74, 6) is 1.84. The van der Waals surface area contributed by atoms with Gasteiger partial charge in [0.25, 0.3) is 0 Å². The minimum atomic E-state index is 0.695. The van der Waals surface area contributed by atoms with Crippen molar-refractivity contribution in [1.29, 1.82) is 0 Å². The number of aromatic nitrogens is 1. The second-order valence-corrected chi connectivity index (χ2v) is 5.56. The number of hydrogen-bond donors (Lipinski definition) is 1. The van der Waals surface area contributed by atoms with Crippen molar-refractivity contribution in [3.05, 3.63) is 51.6 Å². The highest BCUT2D eigenvalue weighted by Gasteiger charge is 2.02. The summed E-state index contributed by atoms with van der Waals surface area (Å²) in [6.45, 7) is 7.56. The largest absolute Gasteiger partial charge is 0.494 e. The van der Waals surface area contributed by atoms with E-state index in [1.54, 1.807) is 0 Å². The molecule has 0 aliphatic carbocycles. The van der Waals surface area contributed by atoms with Crippen LogP contribution in [0.25, 0.3) is 0 Å². The maximum atomic E-state index is 5.55. The van der Waals surface area contributed by atoms with Gasteiger partial charge in [-0.2, -0.15) is 0 Å². The maximum Gasteiger partial charge on any atom is 0.126 e. The lowest BCUT2D eigenvalue weighted by molar-refractivity contribution is 0.338. The van der Waals surface area contributed by atoms with E-state index in [4.69, 9.17) is 4.74 Å². The molecule has 2 aromatic rings. The van der Waals surface area contributed by atoms with Crippen LogP contribution < -0.4 is 10.1 Å². The number of anilines is 1. The number of nitrogens with zero attached hydrogens (tertiary/aromatic N) is 1. The monoisotopic (exact) mass is 334 g/mol. The topological polar surface area (TPSA) is 34.1 Å². The minimum absolute atomic E-state index is 0.695. The summed E-state index contributed by atoms with van der Waals surface area (Å²) >= 11 is 3.45. The summed E-state index contributed by atoms with van der Waals surface area (Å²) in [5, 5.41) is 3.33. The van der Waals surface area contributed by atoms with E-state index in [9.17, 15) is 0 Å². The molecule has 0 unspecified atom stereocenters. The molecule has 0 spiro atoms. The Balaban J connectivity index is 2.03. The molecular formula is C16H19BrN2O. The minimum Gasteiger partial charge on any atom is -0.494 e. The number of benzene rings is 1. The molecule has 0 aliphatic heterocycles. The van der Waals surface area contributed by atoms with Gasteiger partial charge in [0.1, 0.15) is 11.6 Å². The first-order valence-electron chi connectivity index (χ1n) is 6.68. The molecule has 0 radical (unpaired) electrons. The highest BCUT2D eigenvalue weighted by Crippen LogP contribution is 2.21. The maximum absolute atomic E-state index is 5.55. The van der Waals surface area contributed by atoms with Gasteiger partial charge >= 0.3 is 0 Å². The van der Waals surface area contributed by atoms with Crippen molar-refractivity contribution in [3.8, 4) is 5.75 Å². The number of ether oxygens (including phenoxy) is 1. The van der Waals surface area contributed by atoms with Gasteiger partial charge in [0.15, 0.2) is 0 Å². The molecule has 0 saturated carbocycles. The van der Waals surface area contributed by atoms with Gasteiger partial charge in [0.2, 0.25) is 0 Å². The van der Waals surface area contributed by atoms with E-state index in [1.807, 2.05) is 25.3 Å². The van der Waals surface area contributed by atoms with Crippen LogP contribution >= 0.6 is 15.9 Å². The van der Waals surface area contributed by atoms with Crippen LogP contribution in [0.2, 0.25) is 0 Å². The van der Waals surface area contributed by atoms with Gasteiger partial charge in [-0.05, 0) is 65.5 Å². The molecule has 4 heteroatoms. The average molecular weight is 335 g/mol. The fraction of sp³-hybridized carbons (Fsp3) is 0.312. The molecule has 1 aromatic carbocycles. The zero-order valence-corrected chi connectivity index (χ0v) is 13.6. The molecule has 0 amide bonds. The molecule has 2 rings (SSSR count). The molecule has 3 nitrogen and oxygen atoms in total. The lowest BCUT2D eigenvalue weighted by Crippen LogP contribution is -2.02. The Labute approximate surface area is 128 Å². The normalized spacial score (nSPS) is 10.4. The zero-order chi connectivity index (χ0) is 14.5. The Kier molecular flexibility index (Phi) is 5.01. The second-order valence-electron chi connectivity index (χ2n) is 4.71. The lowest BCUT2D eigenvalue weighted by Gasteiger charge is -2.11. The molecule has 20 heavy (non-hydrogen) atoms. The smallest absolute Gasteiger partial charge is 0.126 e. The molecule has 0 bridgehead atoms.